The first-order valence-corrected chi connectivity index (χ1v) is 11.0. The van der Waals surface area contributed by atoms with Crippen molar-refractivity contribution >= 4 is 11.5 Å². The molecule has 1 aromatic carbocycles. The largest absolute Gasteiger partial charge is 0.457 e. The summed E-state index contributed by atoms with van der Waals surface area (Å²) >= 11 is 0. The van der Waals surface area contributed by atoms with Crippen LogP contribution in [0.1, 0.15) is 98.3 Å². The van der Waals surface area contributed by atoms with Gasteiger partial charge in [0.25, 0.3) is 0 Å². The Labute approximate surface area is 180 Å². The molecular formula is C27H44O2. The van der Waals surface area contributed by atoms with E-state index in [-0.39, 0.29) is 12.1 Å². The summed E-state index contributed by atoms with van der Waals surface area (Å²) in [7, 11) is 0. The molecular weight excluding hydrogens is 356 g/mol. The fourth-order valence-electron chi connectivity index (χ4n) is 2.24. The van der Waals surface area contributed by atoms with Gasteiger partial charge in [-0.3, -0.25) is 4.79 Å². The van der Waals surface area contributed by atoms with Gasteiger partial charge >= 0.3 is 5.97 Å². The van der Waals surface area contributed by atoms with Crippen molar-refractivity contribution in [1.82, 2.24) is 0 Å². The quantitative estimate of drug-likeness (QED) is 0.306. The van der Waals surface area contributed by atoms with Crippen LogP contribution in [0.5, 0.6) is 0 Å². The van der Waals surface area contributed by atoms with Crippen LogP contribution in [0.4, 0.5) is 0 Å². The van der Waals surface area contributed by atoms with E-state index >= 15 is 0 Å². The van der Waals surface area contributed by atoms with Crippen LogP contribution in [-0.4, -0.2) is 5.97 Å². The number of benzene rings is 1. The maximum Gasteiger partial charge on any atom is 0.312 e. The Bertz CT molecular complexity index is 604. The van der Waals surface area contributed by atoms with Gasteiger partial charge in [0.15, 0.2) is 0 Å². The fourth-order valence-corrected chi connectivity index (χ4v) is 2.24. The van der Waals surface area contributed by atoms with Crippen LogP contribution >= 0.6 is 0 Å². The van der Waals surface area contributed by atoms with E-state index in [9.17, 15) is 4.79 Å². The van der Waals surface area contributed by atoms with Crippen LogP contribution in [-0.2, 0) is 9.53 Å². The molecule has 1 aromatic rings. The number of rotatable bonds is 9. The monoisotopic (exact) mass is 400 g/mol. The summed E-state index contributed by atoms with van der Waals surface area (Å²) in [5.41, 5.74) is 2.60. The Morgan fingerprint density at radius 3 is 1.93 bits per heavy atom. The minimum atomic E-state index is -0.448. The normalized spacial score (nSPS) is 11.8. The summed E-state index contributed by atoms with van der Waals surface area (Å²) in [4.78, 5) is 12.1. The van der Waals surface area contributed by atoms with E-state index < -0.39 is 5.41 Å². The topological polar surface area (TPSA) is 26.3 Å². The number of unbranched alkanes of at least 4 members (excludes halogenated alkanes) is 2. The standard InChI is InChI=1S/C20H26O2.C5H12.C2H6/c1-7-10-16(8-2)18-13-11-17(12-14-18)15(4)22-19(21)20(5,6)9-3;1-3-5-4-2;1-2/h7-8,10-15H,1-2,9H2,3-6H3;3-5H2,1-2H3;1-2H3/b16-10+;;. The van der Waals surface area contributed by atoms with E-state index in [2.05, 4.69) is 27.0 Å². The maximum atomic E-state index is 12.1. The zero-order chi connectivity index (χ0) is 22.9. The molecule has 164 valence electrons. The Kier molecular flexibility index (Phi) is 16.9. The van der Waals surface area contributed by atoms with Crippen LogP contribution in [0.15, 0.2) is 55.7 Å². The third kappa shape index (κ3) is 11.5. The van der Waals surface area contributed by atoms with E-state index in [1.54, 1.807) is 12.2 Å². The number of esters is 1. The van der Waals surface area contributed by atoms with Gasteiger partial charge in [0.1, 0.15) is 6.10 Å². The lowest BCUT2D eigenvalue weighted by molar-refractivity contribution is -0.159. The Morgan fingerprint density at radius 1 is 1.07 bits per heavy atom. The van der Waals surface area contributed by atoms with Crippen LogP contribution in [0.3, 0.4) is 0 Å². The Morgan fingerprint density at radius 2 is 1.59 bits per heavy atom. The summed E-state index contributed by atoms with van der Waals surface area (Å²) in [6.45, 7) is 23.6. The predicted molar refractivity (Wildman–Crippen MR) is 130 cm³/mol. The zero-order valence-corrected chi connectivity index (χ0v) is 20.2. The smallest absolute Gasteiger partial charge is 0.312 e. The number of ether oxygens (including phenoxy) is 1. The molecule has 1 unspecified atom stereocenters. The molecule has 2 nitrogen and oxygen atoms in total. The van der Waals surface area contributed by atoms with Gasteiger partial charge in [-0.2, -0.15) is 0 Å². The molecule has 2 heteroatoms. The van der Waals surface area contributed by atoms with Crippen molar-refractivity contribution in [2.75, 3.05) is 0 Å². The third-order valence-electron chi connectivity index (χ3n) is 4.66. The van der Waals surface area contributed by atoms with Gasteiger partial charge < -0.3 is 4.74 Å². The van der Waals surface area contributed by atoms with Gasteiger partial charge in [0.2, 0.25) is 0 Å². The Hall–Kier alpha value is -2.09. The second-order valence-electron chi connectivity index (χ2n) is 7.32. The van der Waals surface area contributed by atoms with Gasteiger partial charge in [-0.05, 0) is 43.9 Å². The molecule has 0 heterocycles. The predicted octanol–water partition coefficient (Wildman–Crippen LogP) is 8.71. The highest BCUT2D eigenvalue weighted by Crippen LogP contribution is 2.27. The summed E-state index contributed by atoms with van der Waals surface area (Å²) in [6, 6.07) is 7.96. The molecule has 0 fully saturated rings. The summed E-state index contributed by atoms with van der Waals surface area (Å²) in [5, 5.41) is 0. The third-order valence-corrected chi connectivity index (χ3v) is 4.66. The fraction of sp³-hybridized carbons (Fsp3) is 0.519. The zero-order valence-electron chi connectivity index (χ0n) is 20.2. The van der Waals surface area contributed by atoms with Gasteiger partial charge in [-0.15, -0.1) is 0 Å². The van der Waals surface area contributed by atoms with Crippen LogP contribution in [0, 0.1) is 5.41 Å². The lowest BCUT2D eigenvalue weighted by atomic mass is 9.90. The van der Waals surface area contributed by atoms with E-state index in [4.69, 9.17) is 4.74 Å². The summed E-state index contributed by atoms with van der Waals surface area (Å²) < 4.78 is 5.58. The molecule has 0 bridgehead atoms. The van der Waals surface area contributed by atoms with Gasteiger partial charge in [-0.1, -0.05) is 110 Å². The summed E-state index contributed by atoms with van der Waals surface area (Å²) in [6.07, 6.45) is 10.0. The molecule has 0 spiro atoms. The number of carbonyl (C=O) groups is 1. The lowest BCUT2D eigenvalue weighted by Gasteiger charge is -2.23. The van der Waals surface area contributed by atoms with Crippen molar-refractivity contribution < 1.29 is 9.53 Å². The number of hydrogen-bond donors (Lipinski definition) is 0. The maximum absolute atomic E-state index is 12.1. The van der Waals surface area contributed by atoms with Crippen LogP contribution in [0.2, 0.25) is 0 Å². The molecule has 0 aliphatic heterocycles. The molecule has 0 radical (unpaired) electrons. The minimum Gasteiger partial charge on any atom is -0.457 e. The minimum absolute atomic E-state index is 0.162. The van der Waals surface area contributed by atoms with Crippen molar-refractivity contribution in [3.05, 3.63) is 66.8 Å². The van der Waals surface area contributed by atoms with Gasteiger partial charge in [0.05, 0.1) is 5.41 Å². The molecule has 0 amide bonds. The molecule has 0 saturated heterocycles. The highest BCUT2D eigenvalue weighted by atomic mass is 16.5. The second-order valence-corrected chi connectivity index (χ2v) is 7.32. The molecule has 0 aromatic heterocycles. The highest BCUT2D eigenvalue weighted by molar-refractivity contribution is 5.76. The molecule has 1 rings (SSSR count). The van der Waals surface area contributed by atoms with E-state index in [0.29, 0.717) is 0 Å². The van der Waals surface area contributed by atoms with E-state index in [0.717, 1.165) is 23.1 Å². The van der Waals surface area contributed by atoms with Crippen molar-refractivity contribution in [2.24, 2.45) is 5.41 Å². The average Bonchev–Trinajstić information content (AvgIpc) is 2.74. The van der Waals surface area contributed by atoms with Crippen LogP contribution in [0.25, 0.3) is 5.57 Å². The molecule has 0 saturated carbocycles. The molecule has 0 aliphatic rings. The first-order valence-electron chi connectivity index (χ1n) is 11.0. The van der Waals surface area contributed by atoms with E-state index in [1.807, 2.05) is 71.9 Å². The average molecular weight is 401 g/mol. The first kappa shape index (κ1) is 29.1. The van der Waals surface area contributed by atoms with Gasteiger partial charge in [0, 0.05) is 0 Å². The van der Waals surface area contributed by atoms with E-state index in [1.165, 1.54) is 19.3 Å². The first-order chi connectivity index (χ1) is 13.8. The van der Waals surface area contributed by atoms with Crippen molar-refractivity contribution in [1.29, 1.82) is 0 Å². The van der Waals surface area contributed by atoms with Crippen molar-refractivity contribution in [3.63, 3.8) is 0 Å². The Balaban J connectivity index is 0. The number of allylic oxidation sites excluding steroid dienone is 4. The van der Waals surface area contributed by atoms with Crippen LogP contribution < -0.4 is 0 Å². The second kappa shape index (κ2) is 16.8. The highest BCUT2D eigenvalue weighted by Gasteiger charge is 2.28. The van der Waals surface area contributed by atoms with Crippen molar-refractivity contribution in [3.8, 4) is 0 Å². The van der Waals surface area contributed by atoms with Gasteiger partial charge in [-0.25, -0.2) is 0 Å². The summed E-state index contributed by atoms with van der Waals surface area (Å²) in [5.74, 6) is -0.162. The molecule has 0 N–H and O–H groups in total. The van der Waals surface area contributed by atoms with Crippen molar-refractivity contribution in [2.45, 2.75) is 87.2 Å². The molecule has 0 aliphatic carbocycles. The number of carbonyl (C=O) groups excluding carboxylic acids is 1. The molecule has 29 heavy (non-hydrogen) atoms. The lowest BCUT2D eigenvalue weighted by Crippen LogP contribution is -2.26. The SMILES string of the molecule is C=C/C=C(\C=C)c1ccc(C(C)OC(=O)C(C)(C)CC)cc1.CC.CCCCC. The molecule has 1 atom stereocenters. The number of hydrogen-bond acceptors (Lipinski definition) is 2.